The van der Waals surface area contributed by atoms with Gasteiger partial charge in [0.25, 0.3) is 0 Å². The molecular formula is C6H12N2O4S2Zn. The van der Waals surface area contributed by atoms with Crippen molar-refractivity contribution in [2.45, 2.75) is 12.1 Å². The maximum atomic E-state index is 9.65. The number of thiol groups is 2. The minimum atomic E-state index is -1.25. The number of carboxylic acid groups (broad SMARTS) is 2. The first-order valence-electron chi connectivity index (χ1n) is 3.51. The number of carboxylic acids is 2. The first-order valence-corrected chi connectivity index (χ1v) is 4.77. The van der Waals surface area contributed by atoms with Gasteiger partial charge in [0, 0.05) is 11.5 Å². The van der Waals surface area contributed by atoms with E-state index in [0.29, 0.717) is 0 Å². The number of aliphatic carboxylic acids is 2. The predicted molar refractivity (Wildman–Crippen MR) is 53.7 cm³/mol. The number of nitrogens with two attached hydrogens (primary N) is 2. The zero-order chi connectivity index (χ0) is 11.7. The van der Waals surface area contributed by atoms with E-state index >= 15 is 0 Å². The van der Waals surface area contributed by atoms with Crippen molar-refractivity contribution in [3.8, 4) is 0 Å². The molecule has 0 fully saturated rings. The molecule has 0 saturated carbocycles. The molecule has 0 aliphatic carbocycles. The van der Waals surface area contributed by atoms with Gasteiger partial charge in [-0.05, 0) is 0 Å². The van der Waals surface area contributed by atoms with Crippen LogP contribution < -0.4 is 21.7 Å². The van der Waals surface area contributed by atoms with Crippen molar-refractivity contribution in [2.24, 2.45) is 11.5 Å². The molecule has 4 N–H and O–H groups in total. The van der Waals surface area contributed by atoms with Crippen molar-refractivity contribution < 1.29 is 39.3 Å². The Balaban J connectivity index is -0.000000180. The van der Waals surface area contributed by atoms with E-state index < -0.39 is 24.0 Å². The van der Waals surface area contributed by atoms with E-state index in [2.05, 4.69) is 25.3 Å². The summed E-state index contributed by atoms with van der Waals surface area (Å²) >= 11 is 7.22. The van der Waals surface area contributed by atoms with Crippen LogP contribution in [0.2, 0.25) is 0 Å². The smallest absolute Gasteiger partial charge is 0.548 e. The minimum absolute atomic E-state index is 0. The Kier molecular flexibility index (Phi) is 16.8. The molecule has 15 heavy (non-hydrogen) atoms. The van der Waals surface area contributed by atoms with Gasteiger partial charge in [0.15, 0.2) is 0 Å². The molecule has 0 unspecified atom stereocenters. The zero-order valence-corrected chi connectivity index (χ0v) is 12.7. The number of hydrogen-bond acceptors (Lipinski definition) is 8. The molecule has 0 aromatic rings. The van der Waals surface area contributed by atoms with Gasteiger partial charge in [-0.2, -0.15) is 25.3 Å². The van der Waals surface area contributed by atoms with Crippen LogP contribution >= 0.6 is 25.3 Å². The maximum Gasteiger partial charge on any atom is 2.00 e. The molecule has 0 spiro atoms. The Bertz CT molecular complexity index is 176. The van der Waals surface area contributed by atoms with Gasteiger partial charge < -0.3 is 31.3 Å². The second-order valence-corrected chi connectivity index (χ2v) is 2.95. The summed E-state index contributed by atoms with van der Waals surface area (Å²) in [6.07, 6.45) is 0. The minimum Gasteiger partial charge on any atom is -0.548 e. The molecule has 6 nitrogen and oxygen atoms in total. The fourth-order valence-corrected chi connectivity index (χ4v) is 0.447. The van der Waals surface area contributed by atoms with Gasteiger partial charge in [0.05, 0.1) is 24.0 Å². The Morgan fingerprint density at radius 2 is 1.20 bits per heavy atom. The molecule has 0 saturated heterocycles. The largest absolute Gasteiger partial charge is 2.00 e. The summed E-state index contributed by atoms with van der Waals surface area (Å²) in [7, 11) is 0. The van der Waals surface area contributed by atoms with Crippen LogP contribution in [0.3, 0.4) is 0 Å². The Morgan fingerprint density at radius 3 is 1.20 bits per heavy atom. The third-order valence-electron chi connectivity index (χ3n) is 0.999. The molecule has 0 bridgehead atoms. The van der Waals surface area contributed by atoms with Crippen LogP contribution in [0.5, 0.6) is 0 Å². The van der Waals surface area contributed by atoms with E-state index in [0.717, 1.165) is 0 Å². The molecule has 0 aromatic heterocycles. The Morgan fingerprint density at radius 1 is 1.00 bits per heavy atom. The summed E-state index contributed by atoms with van der Waals surface area (Å²) in [4.78, 5) is 19.3. The molecule has 0 rings (SSSR count). The molecule has 9 heteroatoms. The molecule has 0 heterocycles. The standard InChI is InChI=1S/2C3H7NO2S.Zn/c2*4-2(1-7)3(5)6;/h2*2,7H,1,4H2,(H,5,6);/q;;+2/p-2/t2*2-;/m00./s1. The maximum absolute atomic E-state index is 9.65. The molecule has 0 aliphatic heterocycles. The van der Waals surface area contributed by atoms with Gasteiger partial charge in [-0.3, -0.25) is 0 Å². The molecule has 84 valence electrons. The zero-order valence-electron chi connectivity index (χ0n) is 7.96. The third-order valence-corrected chi connectivity index (χ3v) is 1.79. The summed E-state index contributed by atoms with van der Waals surface area (Å²) in [5, 5.41) is 19.3. The predicted octanol–water partition coefficient (Wildman–Crippen LogP) is -4.02. The number of carbonyl (C=O) groups excluding carboxylic acids is 2. The van der Waals surface area contributed by atoms with Crippen LogP contribution in [0.1, 0.15) is 0 Å². The molecular weight excluding hydrogens is 294 g/mol. The van der Waals surface area contributed by atoms with Crippen LogP contribution in [0.25, 0.3) is 0 Å². The van der Waals surface area contributed by atoms with Crippen LogP contribution in [0.4, 0.5) is 0 Å². The average Bonchev–Trinajstić information content (AvgIpc) is 2.15. The Hall–Kier alpha value is 0.183. The van der Waals surface area contributed by atoms with Crippen molar-refractivity contribution in [2.75, 3.05) is 11.5 Å². The molecule has 0 aliphatic rings. The van der Waals surface area contributed by atoms with E-state index in [4.69, 9.17) is 11.5 Å². The summed E-state index contributed by atoms with van der Waals surface area (Å²) in [6, 6.07) is -1.85. The first-order chi connectivity index (χ1) is 6.36. The van der Waals surface area contributed by atoms with Crippen molar-refractivity contribution in [3.63, 3.8) is 0 Å². The van der Waals surface area contributed by atoms with Crippen LogP contribution in [-0.2, 0) is 29.1 Å². The van der Waals surface area contributed by atoms with Gasteiger partial charge in [0.1, 0.15) is 0 Å². The van der Waals surface area contributed by atoms with Crippen LogP contribution in [0.15, 0.2) is 0 Å². The van der Waals surface area contributed by atoms with Gasteiger partial charge in [-0.1, -0.05) is 0 Å². The second kappa shape index (κ2) is 12.3. The van der Waals surface area contributed by atoms with E-state index in [1.165, 1.54) is 0 Å². The average molecular weight is 306 g/mol. The van der Waals surface area contributed by atoms with E-state index in [9.17, 15) is 19.8 Å². The summed E-state index contributed by atoms with van der Waals surface area (Å²) < 4.78 is 0. The monoisotopic (exact) mass is 304 g/mol. The van der Waals surface area contributed by atoms with E-state index in [1.54, 1.807) is 0 Å². The van der Waals surface area contributed by atoms with Gasteiger partial charge >= 0.3 is 19.5 Å². The normalized spacial score (nSPS) is 12.5. The number of hydrogen-bond donors (Lipinski definition) is 4. The molecule has 0 aromatic carbocycles. The second-order valence-electron chi connectivity index (χ2n) is 2.22. The van der Waals surface area contributed by atoms with Crippen LogP contribution in [-0.4, -0.2) is 35.5 Å². The van der Waals surface area contributed by atoms with Crippen LogP contribution in [0, 0.1) is 0 Å². The van der Waals surface area contributed by atoms with Crippen molar-refractivity contribution in [3.05, 3.63) is 0 Å². The summed E-state index contributed by atoms with van der Waals surface area (Å²) in [5.41, 5.74) is 9.75. The van der Waals surface area contributed by atoms with Gasteiger partial charge in [0.2, 0.25) is 0 Å². The molecule has 0 amide bonds. The fourth-order valence-electron chi connectivity index (χ4n) is 0.149. The fraction of sp³-hybridized carbons (Fsp3) is 0.667. The molecule has 2 atom stereocenters. The SMILES string of the molecule is N[C@@H](CS)C(=O)[O-].N[C@@H](CS)C(=O)[O-].[Zn+2]. The topological polar surface area (TPSA) is 132 Å². The summed E-state index contributed by atoms with van der Waals surface area (Å²) in [6.45, 7) is 0. The van der Waals surface area contributed by atoms with Crippen molar-refractivity contribution in [1.29, 1.82) is 0 Å². The van der Waals surface area contributed by atoms with Gasteiger partial charge in [-0.15, -0.1) is 0 Å². The number of rotatable bonds is 4. The third kappa shape index (κ3) is 14.2. The first kappa shape index (κ1) is 20.6. The number of carbonyl (C=O) groups is 2. The quantitative estimate of drug-likeness (QED) is 0.309. The van der Waals surface area contributed by atoms with Crippen molar-refractivity contribution in [1.82, 2.24) is 0 Å². The van der Waals surface area contributed by atoms with E-state index in [1.807, 2.05) is 0 Å². The van der Waals surface area contributed by atoms with Crippen molar-refractivity contribution >= 4 is 37.2 Å². The Labute approximate surface area is 111 Å². The van der Waals surface area contributed by atoms with Gasteiger partial charge in [-0.25, -0.2) is 0 Å². The molecule has 0 radical (unpaired) electrons. The van der Waals surface area contributed by atoms with E-state index in [-0.39, 0.29) is 31.0 Å². The summed E-state index contributed by atoms with van der Waals surface area (Å²) in [5.74, 6) is -2.25.